The predicted molar refractivity (Wildman–Crippen MR) is 110 cm³/mol. The van der Waals surface area contributed by atoms with Crippen molar-refractivity contribution in [1.29, 1.82) is 0 Å². The summed E-state index contributed by atoms with van der Waals surface area (Å²) in [6.45, 7) is 6.55. The maximum atomic E-state index is 11.6. The minimum absolute atomic E-state index is 0.0858. The molecule has 1 aliphatic heterocycles. The second kappa shape index (κ2) is 10.4. The molecule has 2 aromatic rings. The number of ether oxygens (including phenoxy) is 3. The number of rotatable bonds is 4. The van der Waals surface area contributed by atoms with Gasteiger partial charge in [-0.05, 0) is 5.56 Å². The molecular formula is C24H28O5. The maximum absolute atomic E-state index is 11.6. The summed E-state index contributed by atoms with van der Waals surface area (Å²) >= 11 is 0. The van der Waals surface area contributed by atoms with Gasteiger partial charge in [-0.3, -0.25) is 9.59 Å². The van der Waals surface area contributed by atoms with E-state index in [1.807, 2.05) is 30.3 Å². The van der Waals surface area contributed by atoms with Crippen molar-refractivity contribution in [2.45, 2.75) is 33.2 Å². The molecule has 2 aliphatic rings. The van der Waals surface area contributed by atoms with Crippen LogP contribution in [-0.2, 0) is 20.8 Å². The molecule has 1 saturated heterocycles. The van der Waals surface area contributed by atoms with Crippen LogP contribution < -0.4 is 0 Å². The zero-order valence-corrected chi connectivity index (χ0v) is 17.0. The van der Waals surface area contributed by atoms with E-state index < -0.39 is 0 Å². The van der Waals surface area contributed by atoms with Crippen molar-refractivity contribution >= 4 is 11.6 Å². The van der Waals surface area contributed by atoms with Crippen molar-refractivity contribution in [3.63, 3.8) is 0 Å². The van der Waals surface area contributed by atoms with E-state index >= 15 is 0 Å². The number of Topliss-reactive ketones (excluding diaryl/α,β-unsaturated/α-hetero) is 2. The summed E-state index contributed by atoms with van der Waals surface area (Å²) in [6, 6.07) is 17.1. The van der Waals surface area contributed by atoms with Crippen LogP contribution in [0.1, 0.15) is 46.5 Å². The zero-order valence-electron chi connectivity index (χ0n) is 17.0. The van der Waals surface area contributed by atoms with Crippen LogP contribution in [0.3, 0.4) is 0 Å². The number of benzene rings is 2. The third-order valence-electron chi connectivity index (χ3n) is 4.93. The molecule has 1 unspecified atom stereocenters. The Kier molecular flexibility index (Phi) is 7.69. The number of ketones is 2. The van der Waals surface area contributed by atoms with Crippen LogP contribution in [-0.4, -0.2) is 37.7 Å². The fourth-order valence-corrected chi connectivity index (χ4v) is 3.27. The van der Waals surface area contributed by atoms with Crippen LogP contribution >= 0.6 is 0 Å². The van der Waals surface area contributed by atoms with Crippen molar-refractivity contribution in [1.82, 2.24) is 0 Å². The molecule has 1 aliphatic carbocycles. The largest absolute Gasteiger partial charge is 0.372 e. The smallest absolute Gasteiger partial charge is 0.180 e. The predicted octanol–water partition coefficient (Wildman–Crippen LogP) is 4.30. The summed E-state index contributed by atoms with van der Waals surface area (Å²) in [7, 11) is 0. The Balaban J connectivity index is 0.000000169. The van der Waals surface area contributed by atoms with E-state index in [0.717, 1.165) is 13.2 Å². The van der Waals surface area contributed by atoms with Gasteiger partial charge in [-0.25, -0.2) is 0 Å². The summed E-state index contributed by atoms with van der Waals surface area (Å²) in [5.41, 5.74) is 2.35. The molecule has 5 heteroatoms. The average Bonchev–Trinajstić information content (AvgIpc) is 2.75. The molecule has 0 N–H and O–H groups in total. The summed E-state index contributed by atoms with van der Waals surface area (Å²) in [6.07, 6.45) is 0.162. The Hall–Kier alpha value is -2.34. The Labute approximate surface area is 172 Å². The Morgan fingerprint density at radius 1 is 0.897 bits per heavy atom. The lowest BCUT2D eigenvalue weighted by atomic mass is 9.83. The number of carbonyl (C=O) groups is 2. The molecule has 1 fully saturated rings. The van der Waals surface area contributed by atoms with Gasteiger partial charge in [0.1, 0.15) is 0 Å². The van der Waals surface area contributed by atoms with E-state index in [1.165, 1.54) is 5.56 Å². The fraction of sp³-hybridized carbons (Fsp3) is 0.417. The van der Waals surface area contributed by atoms with Crippen molar-refractivity contribution in [3.05, 3.63) is 71.3 Å². The maximum Gasteiger partial charge on any atom is 0.180 e. The van der Waals surface area contributed by atoms with Crippen molar-refractivity contribution in [2.75, 3.05) is 19.8 Å². The Morgan fingerprint density at radius 2 is 1.52 bits per heavy atom. The number of hydrogen-bond donors (Lipinski definition) is 0. The lowest BCUT2D eigenvalue weighted by molar-refractivity contribution is -0.220. The molecule has 0 radical (unpaired) electrons. The minimum atomic E-state index is -0.195. The third-order valence-corrected chi connectivity index (χ3v) is 4.93. The van der Waals surface area contributed by atoms with E-state index in [-0.39, 0.29) is 23.8 Å². The summed E-state index contributed by atoms with van der Waals surface area (Å²) in [5.74, 6) is 0.519. The highest BCUT2D eigenvalue weighted by molar-refractivity contribution is 6.14. The topological polar surface area (TPSA) is 61.8 Å². The molecule has 154 valence electrons. The highest BCUT2D eigenvalue weighted by Crippen LogP contribution is 2.24. The van der Waals surface area contributed by atoms with Gasteiger partial charge in [0.2, 0.25) is 0 Å². The SMILES string of the molecule is CC1CC(=O)c2ccccc2C1=O.CC1COC(COCc2ccccc2)OC1. The van der Waals surface area contributed by atoms with Crippen LogP contribution in [0, 0.1) is 11.8 Å². The second-order valence-electron chi connectivity index (χ2n) is 7.64. The first-order chi connectivity index (χ1) is 14.0. The first kappa shape index (κ1) is 21.4. The van der Waals surface area contributed by atoms with Gasteiger partial charge in [-0.1, -0.05) is 68.4 Å². The molecule has 1 atom stereocenters. The lowest BCUT2D eigenvalue weighted by Crippen LogP contribution is -2.33. The first-order valence-electron chi connectivity index (χ1n) is 10.1. The number of fused-ring (bicyclic) bond motifs is 1. The summed E-state index contributed by atoms with van der Waals surface area (Å²) in [4.78, 5) is 23.1. The van der Waals surface area contributed by atoms with Crippen LogP contribution in [0.4, 0.5) is 0 Å². The van der Waals surface area contributed by atoms with Crippen LogP contribution in [0.15, 0.2) is 54.6 Å². The fourth-order valence-electron chi connectivity index (χ4n) is 3.27. The molecule has 0 bridgehead atoms. The van der Waals surface area contributed by atoms with Gasteiger partial charge in [0, 0.05) is 29.4 Å². The van der Waals surface area contributed by atoms with E-state index in [0.29, 0.717) is 36.7 Å². The molecule has 1 heterocycles. The van der Waals surface area contributed by atoms with Gasteiger partial charge in [-0.15, -0.1) is 0 Å². The standard InChI is InChI=1S/C13H18O3.C11H10O2/c1-11-7-15-13(16-8-11)10-14-9-12-5-3-2-4-6-12;1-7-6-10(12)8-4-2-3-5-9(8)11(7)13/h2-6,11,13H,7-10H2,1H3;2-5,7H,6H2,1H3. The normalized spacial score (nSPS) is 23.7. The highest BCUT2D eigenvalue weighted by atomic mass is 16.7. The minimum Gasteiger partial charge on any atom is -0.372 e. The van der Waals surface area contributed by atoms with Crippen LogP contribution in [0.5, 0.6) is 0 Å². The quantitative estimate of drug-likeness (QED) is 0.771. The van der Waals surface area contributed by atoms with Gasteiger partial charge >= 0.3 is 0 Å². The summed E-state index contributed by atoms with van der Waals surface area (Å²) in [5, 5.41) is 0. The molecule has 2 aromatic carbocycles. The van der Waals surface area contributed by atoms with E-state index in [4.69, 9.17) is 14.2 Å². The van der Waals surface area contributed by atoms with Crippen molar-refractivity contribution in [2.24, 2.45) is 11.8 Å². The van der Waals surface area contributed by atoms with E-state index in [9.17, 15) is 9.59 Å². The van der Waals surface area contributed by atoms with Gasteiger partial charge in [0.05, 0.1) is 26.4 Å². The van der Waals surface area contributed by atoms with E-state index in [1.54, 1.807) is 31.2 Å². The Morgan fingerprint density at radius 3 is 2.21 bits per heavy atom. The van der Waals surface area contributed by atoms with Crippen molar-refractivity contribution in [3.8, 4) is 0 Å². The number of hydrogen-bond acceptors (Lipinski definition) is 5. The van der Waals surface area contributed by atoms with Gasteiger partial charge < -0.3 is 14.2 Å². The van der Waals surface area contributed by atoms with Crippen LogP contribution in [0.2, 0.25) is 0 Å². The number of carbonyl (C=O) groups excluding carboxylic acids is 2. The second-order valence-corrected chi connectivity index (χ2v) is 7.64. The van der Waals surface area contributed by atoms with E-state index in [2.05, 4.69) is 6.92 Å². The monoisotopic (exact) mass is 396 g/mol. The Bertz CT molecular complexity index is 809. The van der Waals surface area contributed by atoms with Gasteiger partial charge in [0.15, 0.2) is 17.9 Å². The summed E-state index contributed by atoms with van der Waals surface area (Å²) < 4.78 is 16.5. The lowest BCUT2D eigenvalue weighted by Gasteiger charge is -2.27. The van der Waals surface area contributed by atoms with Crippen LogP contribution in [0.25, 0.3) is 0 Å². The van der Waals surface area contributed by atoms with Crippen molar-refractivity contribution < 1.29 is 23.8 Å². The molecule has 4 rings (SSSR count). The molecule has 5 nitrogen and oxygen atoms in total. The molecule has 0 aromatic heterocycles. The molecule has 0 amide bonds. The average molecular weight is 396 g/mol. The molecule has 29 heavy (non-hydrogen) atoms. The zero-order chi connectivity index (χ0) is 20.6. The highest BCUT2D eigenvalue weighted by Gasteiger charge is 2.28. The first-order valence-corrected chi connectivity index (χ1v) is 10.1. The molecule has 0 saturated carbocycles. The molecular weight excluding hydrogens is 368 g/mol. The van der Waals surface area contributed by atoms with Gasteiger partial charge in [0.25, 0.3) is 0 Å². The third kappa shape index (κ3) is 6.07. The molecule has 0 spiro atoms. The van der Waals surface area contributed by atoms with Gasteiger partial charge in [-0.2, -0.15) is 0 Å².